The molecule has 9 heteroatoms. The second kappa shape index (κ2) is 9.19. The normalized spacial score (nSPS) is 14.1. The molecule has 0 spiro atoms. The lowest BCUT2D eigenvalue weighted by atomic mass is 10.1. The van der Waals surface area contributed by atoms with Gasteiger partial charge in [-0.05, 0) is 75.9 Å². The van der Waals surface area contributed by atoms with Gasteiger partial charge in [0.05, 0.1) is 26.7 Å². The smallest absolute Gasteiger partial charge is 0.281 e. The van der Waals surface area contributed by atoms with Crippen molar-refractivity contribution in [3.63, 3.8) is 0 Å². The number of hydrazone groups is 1. The van der Waals surface area contributed by atoms with Crippen LogP contribution in [0.3, 0.4) is 0 Å². The minimum absolute atomic E-state index is 0.0360. The largest absolute Gasteiger partial charge is 0.338 e. The average molecular weight is 466 g/mol. The number of hydrogen-bond acceptors (Lipinski definition) is 5. The Hall–Kier alpha value is -3.46. The Morgan fingerprint density at radius 3 is 2.42 bits per heavy atom. The fourth-order valence-electron chi connectivity index (χ4n) is 3.92. The summed E-state index contributed by atoms with van der Waals surface area (Å²) in [5.41, 5.74) is 6.71. The first kappa shape index (κ1) is 22.7. The molecule has 2 amide bonds. The van der Waals surface area contributed by atoms with Gasteiger partial charge in [-0.2, -0.15) is 5.10 Å². The molecule has 172 valence electrons. The number of nitrogens with one attached hydrogen (secondary N) is 2. The van der Waals surface area contributed by atoms with Crippen LogP contribution in [0.15, 0.2) is 40.2 Å². The Labute approximate surface area is 195 Å². The zero-order chi connectivity index (χ0) is 23.7. The number of H-pyrrole nitrogens is 1. The summed E-state index contributed by atoms with van der Waals surface area (Å²) in [7, 11) is 0. The van der Waals surface area contributed by atoms with Gasteiger partial charge in [-0.15, -0.1) is 11.3 Å². The minimum Gasteiger partial charge on any atom is -0.338 e. The van der Waals surface area contributed by atoms with Crippen molar-refractivity contribution in [2.75, 3.05) is 13.1 Å². The summed E-state index contributed by atoms with van der Waals surface area (Å²) >= 11 is 1.15. The van der Waals surface area contributed by atoms with Gasteiger partial charge in [0, 0.05) is 18.8 Å². The van der Waals surface area contributed by atoms with Gasteiger partial charge in [-0.3, -0.25) is 19.5 Å². The third-order valence-corrected chi connectivity index (χ3v) is 7.01. The molecule has 1 aliphatic heterocycles. The van der Waals surface area contributed by atoms with Gasteiger partial charge in [0.2, 0.25) is 0 Å². The van der Waals surface area contributed by atoms with Crippen LogP contribution in [0.2, 0.25) is 0 Å². The first-order valence-electron chi connectivity index (χ1n) is 10.9. The number of benzene rings is 1. The summed E-state index contributed by atoms with van der Waals surface area (Å²) in [5.74, 6) is -0.450. The lowest BCUT2D eigenvalue weighted by Gasteiger charge is -2.13. The number of rotatable bonds is 5. The number of amides is 2. The number of carbonyl (C=O) groups excluding carboxylic acids is 2. The number of nitrogens with zero attached hydrogens (tertiary/aromatic N) is 3. The van der Waals surface area contributed by atoms with Crippen molar-refractivity contribution in [3.05, 3.63) is 72.8 Å². The van der Waals surface area contributed by atoms with E-state index in [0.717, 1.165) is 54.1 Å². The number of likely N-dealkylation sites (tertiary alicyclic amines) is 1. The number of carbonyl (C=O) groups is 2. The molecule has 3 aromatic rings. The van der Waals surface area contributed by atoms with Crippen molar-refractivity contribution in [3.8, 4) is 5.69 Å². The maximum atomic E-state index is 13.0. The molecule has 3 heterocycles. The zero-order valence-corrected chi connectivity index (χ0v) is 20.0. The summed E-state index contributed by atoms with van der Waals surface area (Å²) in [6.07, 6.45) is 2.03. The molecule has 33 heavy (non-hydrogen) atoms. The standard InChI is InChI=1S/C24H27N5O3S/c1-14-7-8-18(13-15(14)2)29-24(32)21(17(4)27-29)16(3)25-26-22(30)19-9-10-20(33-19)23(31)28-11-5-6-12-28/h7-10,13,27H,5-6,11-12H2,1-4H3,(H,26,30)/b25-16+. The van der Waals surface area contributed by atoms with Crippen LogP contribution in [0.1, 0.15) is 61.5 Å². The van der Waals surface area contributed by atoms with E-state index in [1.807, 2.05) is 36.9 Å². The topological polar surface area (TPSA) is 99.6 Å². The van der Waals surface area contributed by atoms with Crippen molar-refractivity contribution in [1.82, 2.24) is 20.1 Å². The van der Waals surface area contributed by atoms with Crippen molar-refractivity contribution >= 4 is 28.9 Å². The Kier molecular flexibility index (Phi) is 6.33. The molecular weight excluding hydrogens is 438 g/mol. The molecule has 0 saturated carbocycles. The molecule has 0 unspecified atom stereocenters. The number of aryl methyl sites for hydroxylation is 3. The highest BCUT2D eigenvalue weighted by Crippen LogP contribution is 2.21. The highest BCUT2D eigenvalue weighted by Gasteiger charge is 2.22. The number of hydrogen-bond donors (Lipinski definition) is 2. The summed E-state index contributed by atoms with van der Waals surface area (Å²) in [6, 6.07) is 9.10. The highest BCUT2D eigenvalue weighted by atomic mass is 32.1. The van der Waals surface area contributed by atoms with E-state index in [1.54, 1.807) is 26.0 Å². The van der Waals surface area contributed by atoms with Gasteiger partial charge < -0.3 is 4.90 Å². The molecule has 1 aliphatic rings. The first-order valence-corrected chi connectivity index (χ1v) is 11.7. The van der Waals surface area contributed by atoms with Gasteiger partial charge in [0.25, 0.3) is 17.4 Å². The first-order chi connectivity index (χ1) is 15.8. The van der Waals surface area contributed by atoms with Gasteiger partial charge in [0.1, 0.15) is 0 Å². The van der Waals surface area contributed by atoms with E-state index in [0.29, 0.717) is 26.7 Å². The number of thiophene rings is 1. The lowest BCUT2D eigenvalue weighted by Crippen LogP contribution is -2.26. The van der Waals surface area contributed by atoms with Crippen LogP contribution in [-0.4, -0.2) is 45.3 Å². The third-order valence-electron chi connectivity index (χ3n) is 5.94. The van der Waals surface area contributed by atoms with Crippen molar-refractivity contribution < 1.29 is 9.59 Å². The SMILES string of the molecule is C/C(=N\NC(=O)c1ccc(C(=O)N2CCCC2)s1)c1c(C)[nH]n(-c2ccc(C)c(C)c2)c1=O. The molecule has 8 nitrogen and oxygen atoms in total. The highest BCUT2D eigenvalue weighted by molar-refractivity contribution is 7.15. The molecule has 0 atom stereocenters. The quantitative estimate of drug-likeness (QED) is 0.445. The van der Waals surface area contributed by atoms with Crippen LogP contribution in [0.25, 0.3) is 5.69 Å². The summed E-state index contributed by atoms with van der Waals surface area (Å²) in [4.78, 5) is 40.9. The van der Waals surface area contributed by atoms with E-state index in [-0.39, 0.29) is 11.5 Å². The van der Waals surface area contributed by atoms with Gasteiger partial charge in [0.15, 0.2) is 0 Å². The van der Waals surface area contributed by atoms with E-state index in [4.69, 9.17) is 0 Å². The van der Waals surface area contributed by atoms with E-state index >= 15 is 0 Å². The van der Waals surface area contributed by atoms with Crippen LogP contribution >= 0.6 is 11.3 Å². The molecule has 0 aliphatic carbocycles. The van der Waals surface area contributed by atoms with Crippen LogP contribution < -0.4 is 11.0 Å². The minimum atomic E-state index is -0.414. The second-order valence-electron chi connectivity index (χ2n) is 8.32. The molecule has 0 bridgehead atoms. The maximum absolute atomic E-state index is 13.0. The van der Waals surface area contributed by atoms with E-state index in [9.17, 15) is 14.4 Å². The summed E-state index contributed by atoms with van der Waals surface area (Å²) < 4.78 is 1.48. The molecule has 1 saturated heterocycles. The monoisotopic (exact) mass is 465 g/mol. The van der Waals surface area contributed by atoms with Gasteiger partial charge in [-0.1, -0.05) is 6.07 Å². The summed E-state index contributed by atoms with van der Waals surface area (Å²) in [5, 5.41) is 7.25. The van der Waals surface area contributed by atoms with Gasteiger partial charge in [-0.25, -0.2) is 10.1 Å². The number of aromatic amines is 1. The molecule has 1 aromatic carbocycles. The molecule has 4 rings (SSSR count). The fourth-order valence-corrected chi connectivity index (χ4v) is 4.78. The Morgan fingerprint density at radius 1 is 1.03 bits per heavy atom. The predicted molar refractivity (Wildman–Crippen MR) is 130 cm³/mol. The van der Waals surface area contributed by atoms with Crippen molar-refractivity contribution in [2.45, 2.75) is 40.5 Å². The summed E-state index contributed by atoms with van der Waals surface area (Å²) in [6.45, 7) is 9.02. The zero-order valence-electron chi connectivity index (χ0n) is 19.2. The average Bonchev–Trinajstić information content (AvgIpc) is 3.54. The molecular formula is C24H27N5O3S. The Balaban J connectivity index is 1.51. The van der Waals surface area contributed by atoms with Crippen LogP contribution in [0, 0.1) is 20.8 Å². The maximum Gasteiger partial charge on any atom is 0.281 e. The molecule has 2 aromatic heterocycles. The third kappa shape index (κ3) is 4.54. The van der Waals surface area contributed by atoms with Gasteiger partial charge >= 0.3 is 0 Å². The molecule has 2 N–H and O–H groups in total. The van der Waals surface area contributed by atoms with E-state index in [2.05, 4.69) is 15.6 Å². The fraction of sp³-hybridized carbons (Fsp3) is 0.333. The predicted octanol–water partition coefficient (Wildman–Crippen LogP) is 3.54. The number of aromatic nitrogens is 2. The second-order valence-corrected chi connectivity index (χ2v) is 9.41. The van der Waals surface area contributed by atoms with Crippen LogP contribution in [0.5, 0.6) is 0 Å². The Morgan fingerprint density at radius 2 is 1.73 bits per heavy atom. The molecule has 1 fully saturated rings. The van der Waals surface area contributed by atoms with E-state index < -0.39 is 5.91 Å². The van der Waals surface area contributed by atoms with Crippen molar-refractivity contribution in [1.29, 1.82) is 0 Å². The lowest BCUT2D eigenvalue weighted by molar-refractivity contribution is 0.0797. The van der Waals surface area contributed by atoms with Crippen molar-refractivity contribution in [2.24, 2.45) is 5.10 Å². The van der Waals surface area contributed by atoms with Crippen LogP contribution in [0.4, 0.5) is 0 Å². The van der Waals surface area contributed by atoms with E-state index in [1.165, 1.54) is 4.68 Å². The molecule has 0 radical (unpaired) electrons. The van der Waals surface area contributed by atoms with Crippen LogP contribution in [-0.2, 0) is 0 Å². The Bertz CT molecular complexity index is 1310.